The van der Waals surface area contributed by atoms with Gasteiger partial charge >= 0.3 is 5.97 Å². The Kier molecular flexibility index (Phi) is 6.83. The number of anilines is 2. The summed E-state index contributed by atoms with van der Waals surface area (Å²) in [5, 5.41) is 11.9. The van der Waals surface area contributed by atoms with Crippen LogP contribution in [0.2, 0.25) is 0 Å². The van der Waals surface area contributed by atoms with E-state index in [2.05, 4.69) is 10.6 Å². The van der Waals surface area contributed by atoms with Crippen LogP contribution in [-0.2, 0) is 21.2 Å². The molecule has 3 rings (SSSR count). The molecule has 2 aromatic carbocycles. The number of thiophene rings is 1. The van der Waals surface area contributed by atoms with Crippen molar-refractivity contribution in [2.24, 2.45) is 5.14 Å². The van der Waals surface area contributed by atoms with Crippen molar-refractivity contribution in [3.8, 4) is 0 Å². The van der Waals surface area contributed by atoms with E-state index in [1.165, 1.54) is 30.6 Å². The van der Waals surface area contributed by atoms with Crippen molar-refractivity contribution in [2.75, 3.05) is 17.7 Å². The molecular weight excluding hydrogens is 442 g/mol. The van der Waals surface area contributed by atoms with E-state index in [0.29, 0.717) is 22.7 Å². The Labute approximate surface area is 183 Å². The first-order valence-corrected chi connectivity index (χ1v) is 11.5. The monoisotopic (exact) mass is 461 g/mol. The number of ether oxygens (including phenoxy) is 1. The third kappa shape index (κ3) is 5.63. The topological polar surface area (TPSA) is 111 Å². The second-order valence-corrected chi connectivity index (χ2v) is 9.36. The lowest BCUT2D eigenvalue weighted by atomic mass is 10.1. The lowest BCUT2D eigenvalue weighted by Crippen LogP contribution is -2.20. The summed E-state index contributed by atoms with van der Waals surface area (Å²) in [7, 11) is -2.44. The van der Waals surface area contributed by atoms with Crippen LogP contribution in [0.4, 0.5) is 10.7 Å². The molecule has 10 heteroatoms. The molecule has 1 heterocycles. The molecule has 0 amide bonds. The smallest absolute Gasteiger partial charge is 0.340 e. The van der Waals surface area contributed by atoms with Gasteiger partial charge in [-0.1, -0.05) is 30.3 Å². The molecule has 0 aliphatic carbocycles. The molecule has 0 unspecified atom stereocenters. The number of nitrogens with one attached hydrogen (secondary N) is 2. The normalized spacial score (nSPS) is 11.0. The maximum atomic E-state index is 12.2. The number of nitrogens with two attached hydrogens (primary N) is 1. The van der Waals surface area contributed by atoms with E-state index in [1.54, 1.807) is 18.2 Å². The standard InChI is InChI=1S/C20H19N3O4S3/c1-27-19(24)17-12-15(11-13-5-3-2-4-6-13)29-18(17)23-20(28)22-14-7-9-16(10-8-14)30(21,25)26/h2-10,12H,11H2,1H3,(H2,21,25,26)(H2,22,23,28). The first-order chi connectivity index (χ1) is 14.3. The quantitative estimate of drug-likeness (QED) is 0.380. The third-order valence-corrected chi connectivity index (χ3v) is 6.26. The molecule has 0 atom stereocenters. The number of hydrogen-bond donors (Lipinski definition) is 3. The molecule has 0 spiro atoms. The average Bonchev–Trinajstić information content (AvgIpc) is 3.09. The van der Waals surface area contributed by atoms with Crippen LogP contribution in [-0.4, -0.2) is 26.6 Å². The van der Waals surface area contributed by atoms with Crippen molar-refractivity contribution >= 4 is 55.3 Å². The van der Waals surface area contributed by atoms with Crippen LogP contribution in [0.1, 0.15) is 20.8 Å². The van der Waals surface area contributed by atoms with Crippen molar-refractivity contribution in [1.29, 1.82) is 0 Å². The van der Waals surface area contributed by atoms with Gasteiger partial charge in [0.05, 0.1) is 17.6 Å². The fraction of sp³-hybridized carbons (Fsp3) is 0.100. The average molecular weight is 462 g/mol. The van der Waals surface area contributed by atoms with Gasteiger partial charge in [-0.25, -0.2) is 18.4 Å². The van der Waals surface area contributed by atoms with Gasteiger partial charge in [-0.05, 0) is 48.1 Å². The highest BCUT2D eigenvalue weighted by Crippen LogP contribution is 2.30. The zero-order valence-electron chi connectivity index (χ0n) is 15.9. The molecule has 0 saturated heterocycles. The summed E-state index contributed by atoms with van der Waals surface area (Å²) >= 11 is 6.74. The number of primary sulfonamides is 1. The van der Waals surface area contributed by atoms with Gasteiger partial charge in [0.15, 0.2) is 5.11 Å². The molecule has 0 fully saturated rings. The minimum Gasteiger partial charge on any atom is -0.465 e. The Bertz CT molecular complexity index is 1160. The Morgan fingerprint density at radius 3 is 2.37 bits per heavy atom. The number of hydrogen-bond acceptors (Lipinski definition) is 6. The molecule has 156 valence electrons. The number of esters is 1. The summed E-state index contributed by atoms with van der Waals surface area (Å²) in [6.45, 7) is 0. The molecule has 0 saturated carbocycles. The van der Waals surface area contributed by atoms with Crippen LogP contribution in [0.25, 0.3) is 0 Å². The van der Waals surface area contributed by atoms with Crippen LogP contribution in [0, 0.1) is 0 Å². The van der Waals surface area contributed by atoms with Crippen LogP contribution in [0.15, 0.2) is 65.6 Å². The number of rotatable bonds is 6. The third-order valence-electron chi connectivity index (χ3n) is 4.08. The molecule has 7 nitrogen and oxygen atoms in total. The summed E-state index contributed by atoms with van der Waals surface area (Å²) in [5.41, 5.74) is 2.08. The molecule has 0 bridgehead atoms. The summed E-state index contributed by atoms with van der Waals surface area (Å²) in [4.78, 5) is 13.2. The van der Waals surface area contributed by atoms with Crippen molar-refractivity contribution in [3.63, 3.8) is 0 Å². The number of sulfonamides is 1. The van der Waals surface area contributed by atoms with Gasteiger partial charge in [0, 0.05) is 17.0 Å². The molecule has 1 aromatic heterocycles. The Morgan fingerprint density at radius 2 is 1.77 bits per heavy atom. The zero-order chi connectivity index (χ0) is 21.7. The lowest BCUT2D eigenvalue weighted by Gasteiger charge is -2.10. The zero-order valence-corrected chi connectivity index (χ0v) is 18.4. The molecule has 0 aliphatic heterocycles. The SMILES string of the molecule is COC(=O)c1cc(Cc2ccccc2)sc1NC(=S)Nc1ccc(S(N)(=O)=O)cc1. The van der Waals surface area contributed by atoms with Gasteiger partial charge in [0.25, 0.3) is 0 Å². The fourth-order valence-electron chi connectivity index (χ4n) is 2.67. The van der Waals surface area contributed by atoms with Crippen LogP contribution < -0.4 is 15.8 Å². The summed E-state index contributed by atoms with van der Waals surface area (Å²) in [6, 6.07) is 17.5. The predicted octanol–water partition coefficient (Wildman–Crippen LogP) is 3.58. The van der Waals surface area contributed by atoms with E-state index >= 15 is 0 Å². The molecule has 3 aromatic rings. The van der Waals surface area contributed by atoms with E-state index in [9.17, 15) is 13.2 Å². The first-order valence-electron chi connectivity index (χ1n) is 8.72. The Hall–Kier alpha value is -2.79. The minimum atomic E-state index is -3.76. The largest absolute Gasteiger partial charge is 0.465 e. The van der Waals surface area contributed by atoms with E-state index in [-0.39, 0.29) is 10.0 Å². The maximum Gasteiger partial charge on any atom is 0.340 e. The number of thiocarbonyl (C=S) groups is 1. The molecule has 0 aliphatic rings. The maximum absolute atomic E-state index is 12.2. The van der Waals surface area contributed by atoms with Gasteiger partial charge in [-0.3, -0.25) is 0 Å². The molecular formula is C20H19N3O4S3. The lowest BCUT2D eigenvalue weighted by molar-refractivity contribution is 0.0602. The molecule has 30 heavy (non-hydrogen) atoms. The van der Waals surface area contributed by atoms with E-state index < -0.39 is 16.0 Å². The number of benzene rings is 2. The van der Waals surface area contributed by atoms with Crippen molar-refractivity contribution < 1.29 is 17.9 Å². The highest BCUT2D eigenvalue weighted by atomic mass is 32.2. The van der Waals surface area contributed by atoms with E-state index in [1.807, 2.05) is 30.3 Å². The minimum absolute atomic E-state index is 0.00344. The summed E-state index contributed by atoms with van der Waals surface area (Å²) < 4.78 is 27.6. The predicted molar refractivity (Wildman–Crippen MR) is 123 cm³/mol. The van der Waals surface area contributed by atoms with Gasteiger partial charge in [0.2, 0.25) is 10.0 Å². The van der Waals surface area contributed by atoms with E-state index in [0.717, 1.165) is 10.4 Å². The molecule has 4 N–H and O–H groups in total. The number of carbonyl (C=O) groups is 1. The Morgan fingerprint density at radius 1 is 1.10 bits per heavy atom. The highest BCUT2D eigenvalue weighted by molar-refractivity contribution is 7.89. The number of carbonyl (C=O) groups excluding carboxylic acids is 1. The summed E-state index contributed by atoms with van der Waals surface area (Å²) in [6.07, 6.45) is 0.673. The fourth-order valence-corrected chi connectivity index (χ4v) is 4.56. The van der Waals surface area contributed by atoms with Crippen LogP contribution >= 0.6 is 23.6 Å². The summed E-state index contributed by atoms with van der Waals surface area (Å²) in [5.74, 6) is -0.464. The van der Waals surface area contributed by atoms with Crippen LogP contribution in [0.5, 0.6) is 0 Å². The van der Waals surface area contributed by atoms with Gasteiger partial charge in [-0.15, -0.1) is 11.3 Å². The second kappa shape index (κ2) is 9.35. The number of methoxy groups -OCH3 is 1. The van der Waals surface area contributed by atoms with Gasteiger partial charge < -0.3 is 15.4 Å². The van der Waals surface area contributed by atoms with Gasteiger partial charge in [0.1, 0.15) is 5.00 Å². The van der Waals surface area contributed by atoms with Crippen molar-refractivity contribution in [1.82, 2.24) is 0 Å². The van der Waals surface area contributed by atoms with Crippen LogP contribution in [0.3, 0.4) is 0 Å². The van der Waals surface area contributed by atoms with Crippen molar-refractivity contribution in [3.05, 3.63) is 76.7 Å². The Balaban J connectivity index is 1.75. The van der Waals surface area contributed by atoms with Crippen molar-refractivity contribution in [2.45, 2.75) is 11.3 Å². The second-order valence-electron chi connectivity index (χ2n) is 6.26. The van der Waals surface area contributed by atoms with Gasteiger partial charge in [-0.2, -0.15) is 0 Å². The molecule has 0 radical (unpaired) electrons. The highest BCUT2D eigenvalue weighted by Gasteiger charge is 2.18. The first kappa shape index (κ1) is 21.9. The van der Waals surface area contributed by atoms with E-state index in [4.69, 9.17) is 22.1 Å².